The van der Waals surface area contributed by atoms with Crippen molar-refractivity contribution in [1.82, 2.24) is 9.55 Å². The minimum atomic E-state index is -0.563. The van der Waals surface area contributed by atoms with Crippen molar-refractivity contribution >= 4 is 35.0 Å². The molecular formula is C20H25ClN4O. The summed E-state index contributed by atoms with van der Waals surface area (Å²) in [4.78, 5) is 16.9. The molecule has 3 aromatic rings. The quantitative estimate of drug-likeness (QED) is 0.730. The first kappa shape index (κ1) is 19.9. The van der Waals surface area contributed by atoms with Crippen LogP contribution in [-0.4, -0.2) is 21.5 Å². The fourth-order valence-corrected chi connectivity index (χ4v) is 2.72. The van der Waals surface area contributed by atoms with Crippen LogP contribution >= 0.6 is 12.4 Å². The van der Waals surface area contributed by atoms with Gasteiger partial charge in [-0.3, -0.25) is 4.79 Å². The number of nitrogens with one attached hydrogen (secondary N) is 1. The molecule has 26 heavy (non-hydrogen) atoms. The number of anilines is 1. The summed E-state index contributed by atoms with van der Waals surface area (Å²) in [6.45, 7) is 5.85. The second kappa shape index (κ2) is 7.48. The van der Waals surface area contributed by atoms with Crippen LogP contribution in [0.25, 0.3) is 22.4 Å². The molecule has 1 aromatic heterocycles. The SMILES string of the molecule is Cl.Cn1c(-c2ccc(NC(=O)[C@@H](N)C(C)(C)C)cc2)nc2ccccc21. The van der Waals surface area contributed by atoms with Crippen LogP contribution in [0, 0.1) is 5.41 Å². The Hall–Kier alpha value is -2.37. The number of halogens is 1. The van der Waals surface area contributed by atoms with Crippen LogP contribution in [0.4, 0.5) is 5.69 Å². The van der Waals surface area contributed by atoms with Gasteiger partial charge in [-0.1, -0.05) is 32.9 Å². The highest BCUT2D eigenvalue weighted by molar-refractivity contribution is 5.95. The third kappa shape index (κ3) is 3.89. The van der Waals surface area contributed by atoms with E-state index >= 15 is 0 Å². The minimum Gasteiger partial charge on any atom is -0.327 e. The highest BCUT2D eigenvalue weighted by Gasteiger charge is 2.27. The number of carbonyl (C=O) groups excluding carboxylic acids is 1. The highest BCUT2D eigenvalue weighted by atomic mass is 35.5. The lowest BCUT2D eigenvalue weighted by molar-refractivity contribution is -0.119. The second-order valence-electron chi connectivity index (χ2n) is 7.39. The first-order valence-electron chi connectivity index (χ1n) is 8.36. The van der Waals surface area contributed by atoms with Crippen LogP contribution in [-0.2, 0) is 11.8 Å². The Morgan fingerprint density at radius 1 is 1.12 bits per heavy atom. The van der Waals surface area contributed by atoms with Crippen molar-refractivity contribution in [3.63, 3.8) is 0 Å². The number of nitrogens with zero attached hydrogens (tertiary/aromatic N) is 2. The standard InChI is InChI=1S/C20H24N4O.ClH/c1-20(2,3)17(21)19(25)22-14-11-9-13(10-12-14)18-23-15-7-5-6-8-16(15)24(18)4;/h5-12,17H,21H2,1-4H3,(H,22,25);1H/t17-;/m1./s1. The molecule has 0 unspecified atom stereocenters. The highest BCUT2D eigenvalue weighted by Crippen LogP contribution is 2.25. The van der Waals surface area contributed by atoms with Gasteiger partial charge in [-0.05, 0) is 41.8 Å². The maximum Gasteiger partial charge on any atom is 0.241 e. The Labute approximate surface area is 160 Å². The van der Waals surface area contributed by atoms with E-state index in [9.17, 15) is 4.79 Å². The molecule has 6 heteroatoms. The summed E-state index contributed by atoms with van der Waals surface area (Å²) in [5.41, 5.74) is 9.50. The van der Waals surface area contributed by atoms with Crippen LogP contribution < -0.4 is 11.1 Å². The van der Waals surface area contributed by atoms with E-state index < -0.39 is 6.04 Å². The van der Waals surface area contributed by atoms with Crippen LogP contribution in [0.1, 0.15) is 20.8 Å². The van der Waals surface area contributed by atoms with Gasteiger partial charge in [-0.25, -0.2) is 4.98 Å². The van der Waals surface area contributed by atoms with Gasteiger partial charge < -0.3 is 15.6 Å². The summed E-state index contributed by atoms with van der Waals surface area (Å²) >= 11 is 0. The lowest BCUT2D eigenvalue weighted by atomic mass is 9.87. The van der Waals surface area contributed by atoms with Crippen molar-refractivity contribution in [2.45, 2.75) is 26.8 Å². The Morgan fingerprint density at radius 3 is 2.31 bits per heavy atom. The Bertz CT molecular complexity index is 910. The zero-order chi connectivity index (χ0) is 18.2. The Kier molecular flexibility index (Phi) is 5.74. The molecule has 0 bridgehead atoms. The number of fused-ring (bicyclic) bond motifs is 1. The molecule has 0 fully saturated rings. The van der Waals surface area contributed by atoms with Gasteiger partial charge in [0.2, 0.25) is 5.91 Å². The summed E-state index contributed by atoms with van der Waals surface area (Å²) in [5.74, 6) is 0.716. The smallest absolute Gasteiger partial charge is 0.241 e. The molecular weight excluding hydrogens is 348 g/mol. The zero-order valence-corrected chi connectivity index (χ0v) is 16.3. The third-order valence-electron chi connectivity index (χ3n) is 4.41. The summed E-state index contributed by atoms with van der Waals surface area (Å²) in [6.07, 6.45) is 0. The maximum atomic E-state index is 12.2. The van der Waals surface area contributed by atoms with Crippen molar-refractivity contribution in [2.24, 2.45) is 18.2 Å². The minimum absolute atomic E-state index is 0. The van der Waals surface area contributed by atoms with Gasteiger partial charge in [0.15, 0.2) is 0 Å². The number of imidazole rings is 1. The van der Waals surface area contributed by atoms with Crippen LogP contribution in [0.2, 0.25) is 0 Å². The molecule has 0 saturated heterocycles. The summed E-state index contributed by atoms with van der Waals surface area (Å²) in [6, 6.07) is 15.1. The number of nitrogens with two attached hydrogens (primary N) is 1. The van der Waals surface area contributed by atoms with Crippen molar-refractivity contribution in [3.05, 3.63) is 48.5 Å². The molecule has 3 rings (SSSR count). The van der Waals surface area contributed by atoms with E-state index in [1.165, 1.54) is 0 Å². The van der Waals surface area contributed by atoms with Gasteiger partial charge in [-0.2, -0.15) is 0 Å². The van der Waals surface area contributed by atoms with Gasteiger partial charge in [-0.15, -0.1) is 12.4 Å². The van der Waals surface area contributed by atoms with Crippen LogP contribution in [0.5, 0.6) is 0 Å². The summed E-state index contributed by atoms with van der Waals surface area (Å²) in [5, 5.41) is 2.88. The molecule has 2 aromatic carbocycles. The van der Waals surface area contributed by atoms with Gasteiger partial charge in [0.25, 0.3) is 0 Å². The van der Waals surface area contributed by atoms with Crippen LogP contribution in [0.15, 0.2) is 48.5 Å². The molecule has 0 aliphatic heterocycles. The number of rotatable bonds is 3. The molecule has 0 aliphatic rings. The lowest BCUT2D eigenvalue weighted by Gasteiger charge is -2.25. The molecule has 1 amide bonds. The first-order valence-corrected chi connectivity index (χ1v) is 8.36. The van der Waals surface area contributed by atoms with Crippen LogP contribution in [0.3, 0.4) is 0 Å². The normalized spacial score (nSPS) is 12.5. The van der Waals surface area contributed by atoms with Gasteiger partial charge in [0.05, 0.1) is 17.1 Å². The molecule has 138 valence electrons. The molecule has 1 atom stereocenters. The maximum absolute atomic E-state index is 12.2. The number of para-hydroxylation sites is 2. The van der Waals surface area contributed by atoms with Gasteiger partial charge in [0.1, 0.15) is 5.82 Å². The molecule has 0 spiro atoms. The van der Waals surface area contributed by atoms with Crippen molar-refractivity contribution in [1.29, 1.82) is 0 Å². The topological polar surface area (TPSA) is 72.9 Å². The monoisotopic (exact) mass is 372 g/mol. The second-order valence-corrected chi connectivity index (χ2v) is 7.39. The van der Waals surface area contributed by atoms with Gasteiger partial charge in [0, 0.05) is 18.3 Å². The fraction of sp³-hybridized carbons (Fsp3) is 0.300. The average molecular weight is 373 g/mol. The van der Waals surface area contributed by atoms with E-state index in [4.69, 9.17) is 5.73 Å². The summed E-state index contributed by atoms with van der Waals surface area (Å²) < 4.78 is 2.07. The van der Waals surface area contributed by atoms with E-state index in [0.717, 1.165) is 28.1 Å². The predicted octanol–water partition coefficient (Wildman–Crippen LogP) is 3.97. The number of hydrogen-bond acceptors (Lipinski definition) is 3. The number of aryl methyl sites for hydroxylation is 1. The summed E-state index contributed by atoms with van der Waals surface area (Å²) in [7, 11) is 2.00. The van der Waals surface area contributed by atoms with E-state index in [1.54, 1.807) is 0 Å². The first-order chi connectivity index (χ1) is 11.8. The third-order valence-corrected chi connectivity index (χ3v) is 4.41. The molecule has 3 N–H and O–H groups in total. The molecule has 0 radical (unpaired) electrons. The molecule has 0 saturated carbocycles. The van der Waals surface area contributed by atoms with E-state index in [2.05, 4.69) is 14.9 Å². The van der Waals surface area contributed by atoms with Crippen molar-refractivity contribution in [2.75, 3.05) is 5.32 Å². The Balaban J connectivity index is 0.00000243. The van der Waals surface area contributed by atoms with Gasteiger partial charge >= 0.3 is 0 Å². The predicted molar refractivity (Wildman–Crippen MR) is 109 cm³/mol. The fourth-order valence-electron chi connectivity index (χ4n) is 2.72. The molecule has 0 aliphatic carbocycles. The number of carbonyl (C=O) groups is 1. The number of benzene rings is 2. The average Bonchev–Trinajstić information content (AvgIpc) is 2.91. The lowest BCUT2D eigenvalue weighted by Crippen LogP contribution is -2.45. The largest absolute Gasteiger partial charge is 0.327 e. The van der Waals surface area contributed by atoms with Crippen molar-refractivity contribution < 1.29 is 4.79 Å². The zero-order valence-electron chi connectivity index (χ0n) is 15.5. The Morgan fingerprint density at radius 2 is 1.73 bits per heavy atom. The number of hydrogen-bond donors (Lipinski definition) is 2. The van der Waals surface area contributed by atoms with E-state index in [-0.39, 0.29) is 23.7 Å². The molecule has 5 nitrogen and oxygen atoms in total. The number of aromatic nitrogens is 2. The molecule has 1 heterocycles. The number of amides is 1. The van der Waals surface area contributed by atoms with E-state index in [1.807, 2.05) is 76.3 Å². The van der Waals surface area contributed by atoms with E-state index in [0.29, 0.717) is 0 Å². The van der Waals surface area contributed by atoms with Crippen molar-refractivity contribution in [3.8, 4) is 11.4 Å².